The Bertz CT molecular complexity index is 606. The van der Waals surface area contributed by atoms with E-state index in [4.69, 9.17) is 31.5 Å². The molecule has 0 unspecified atom stereocenters. The van der Waals surface area contributed by atoms with E-state index >= 15 is 0 Å². The van der Waals surface area contributed by atoms with Crippen molar-refractivity contribution in [3.63, 3.8) is 0 Å². The minimum atomic E-state index is 0.438. The molecule has 0 radical (unpaired) electrons. The summed E-state index contributed by atoms with van der Waals surface area (Å²) >= 11 is 6.22. The molecule has 0 aliphatic carbocycles. The fourth-order valence-electron chi connectivity index (χ4n) is 2.83. The van der Waals surface area contributed by atoms with Gasteiger partial charge >= 0.3 is 0 Å². The number of nitrogens with two attached hydrogens (primary N) is 1. The van der Waals surface area contributed by atoms with Crippen LogP contribution in [0.3, 0.4) is 0 Å². The predicted octanol–water partition coefficient (Wildman–Crippen LogP) is 1.24. The van der Waals surface area contributed by atoms with Crippen molar-refractivity contribution in [1.29, 1.82) is 0 Å². The second-order valence-corrected chi connectivity index (χ2v) is 6.44. The van der Waals surface area contributed by atoms with Crippen LogP contribution >= 0.6 is 11.6 Å². The summed E-state index contributed by atoms with van der Waals surface area (Å²) in [5.74, 6) is 1.71. The number of rotatable bonds is 6. The third kappa shape index (κ3) is 5.39. The molecule has 25 heavy (non-hydrogen) atoms. The summed E-state index contributed by atoms with van der Waals surface area (Å²) in [6, 6.07) is 3.74. The average molecular weight is 369 g/mol. The van der Waals surface area contributed by atoms with Crippen LogP contribution < -0.4 is 20.5 Å². The van der Waals surface area contributed by atoms with Gasteiger partial charge in [0.05, 0.1) is 24.8 Å². The molecule has 0 bridgehead atoms. The lowest BCUT2D eigenvalue weighted by molar-refractivity contribution is 0.0376. The number of benzene rings is 1. The van der Waals surface area contributed by atoms with Gasteiger partial charge in [0, 0.05) is 19.6 Å². The summed E-state index contributed by atoms with van der Waals surface area (Å²) in [5, 5.41) is 3.69. The summed E-state index contributed by atoms with van der Waals surface area (Å²) in [6.45, 7) is 7.01. The van der Waals surface area contributed by atoms with E-state index in [1.807, 2.05) is 12.1 Å². The number of nitrogens with zero attached hydrogens (tertiary/aromatic N) is 2. The van der Waals surface area contributed by atoms with E-state index < -0.39 is 0 Å². The van der Waals surface area contributed by atoms with E-state index in [-0.39, 0.29) is 0 Å². The lowest BCUT2D eigenvalue weighted by Crippen LogP contribution is -2.39. The van der Waals surface area contributed by atoms with Crippen molar-refractivity contribution in [3.8, 4) is 11.5 Å². The topological polar surface area (TPSA) is 81.3 Å². The van der Waals surface area contributed by atoms with Crippen molar-refractivity contribution in [1.82, 2.24) is 10.2 Å². The highest BCUT2D eigenvalue weighted by molar-refractivity contribution is 6.32. The van der Waals surface area contributed by atoms with Crippen LogP contribution in [-0.4, -0.2) is 63.5 Å². The monoisotopic (exact) mass is 368 g/mol. The van der Waals surface area contributed by atoms with Crippen LogP contribution in [0.4, 0.5) is 0 Å². The Kier molecular flexibility index (Phi) is 6.61. The normalized spacial score (nSPS) is 18.2. The van der Waals surface area contributed by atoms with Crippen LogP contribution in [0.2, 0.25) is 5.02 Å². The maximum absolute atomic E-state index is 6.22. The van der Waals surface area contributed by atoms with Crippen LogP contribution in [0.15, 0.2) is 17.1 Å². The Morgan fingerprint density at radius 1 is 1.20 bits per heavy atom. The number of aliphatic imine (C=N–C) groups is 1. The molecule has 0 saturated carbocycles. The van der Waals surface area contributed by atoms with E-state index in [1.54, 1.807) is 0 Å². The van der Waals surface area contributed by atoms with Crippen molar-refractivity contribution in [2.75, 3.05) is 52.6 Å². The number of nitrogens with one attached hydrogen (secondary N) is 1. The lowest BCUT2D eigenvalue weighted by atomic mass is 10.2. The number of fused-ring (bicyclic) bond motifs is 1. The molecule has 7 nitrogen and oxygen atoms in total. The van der Waals surface area contributed by atoms with Gasteiger partial charge in [0.15, 0.2) is 17.5 Å². The van der Waals surface area contributed by atoms with Gasteiger partial charge in [0.1, 0.15) is 13.2 Å². The molecule has 1 saturated heterocycles. The second kappa shape index (κ2) is 9.12. The van der Waals surface area contributed by atoms with Crippen LogP contribution in [0, 0.1) is 0 Å². The summed E-state index contributed by atoms with van der Waals surface area (Å²) in [7, 11) is 0. The van der Waals surface area contributed by atoms with Crippen molar-refractivity contribution >= 4 is 17.6 Å². The maximum atomic E-state index is 6.22. The zero-order valence-corrected chi connectivity index (χ0v) is 15.1. The molecule has 1 aromatic rings. The number of hydrogen-bond acceptors (Lipinski definition) is 5. The molecule has 0 amide bonds. The number of morpholine rings is 1. The number of ether oxygens (including phenoxy) is 3. The molecule has 0 aromatic heterocycles. The molecule has 1 fully saturated rings. The zero-order valence-electron chi connectivity index (χ0n) is 14.3. The van der Waals surface area contributed by atoms with Gasteiger partial charge in [-0.3, -0.25) is 4.90 Å². The van der Waals surface area contributed by atoms with Gasteiger partial charge in [-0.2, -0.15) is 0 Å². The Morgan fingerprint density at radius 2 is 2.00 bits per heavy atom. The van der Waals surface area contributed by atoms with E-state index in [1.165, 1.54) is 0 Å². The number of guanidine groups is 1. The Balaban J connectivity index is 1.42. The standard InChI is InChI=1S/C17H25ClN4O3/c18-14-10-13(11-15-16(14)25-9-8-24-15)12-21-17(19)20-2-1-3-22-4-6-23-7-5-22/h10-11H,1-9,12H2,(H3,19,20,21). The molecule has 3 N–H and O–H groups in total. The van der Waals surface area contributed by atoms with E-state index in [2.05, 4.69) is 15.2 Å². The summed E-state index contributed by atoms with van der Waals surface area (Å²) in [6.07, 6.45) is 1.02. The van der Waals surface area contributed by atoms with Gasteiger partial charge in [-0.1, -0.05) is 11.6 Å². The molecule has 8 heteroatoms. The molecular weight excluding hydrogens is 344 g/mol. The highest BCUT2D eigenvalue weighted by Gasteiger charge is 2.16. The first-order valence-corrected chi connectivity index (χ1v) is 9.02. The molecule has 138 valence electrons. The smallest absolute Gasteiger partial charge is 0.188 e. The van der Waals surface area contributed by atoms with Gasteiger partial charge in [0.2, 0.25) is 0 Å². The summed E-state index contributed by atoms with van der Waals surface area (Å²) in [5.41, 5.74) is 6.87. The third-order valence-electron chi connectivity index (χ3n) is 4.15. The molecule has 0 spiro atoms. The Morgan fingerprint density at radius 3 is 2.84 bits per heavy atom. The van der Waals surface area contributed by atoms with E-state index in [0.717, 1.165) is 51.4 Å². The largest absolute Gasteiger partial charge is 0.486 e. The molecule has 1 aromatic carbocycles. The SMILES string of the molecule is NC(=NCc1cc(Cl)c2c(c1)OCCO2)NCCCN1CCOCC1. The predicted molar refractivity (Wildman–Crippen MR) is 97.6 cm³/mol. The molecule has 2 aliphatic rings. The fourth-order valence-corrected chi connectivity index (χ4v) is 3.12. The van der Waals surface area contributed by atoms with Crippen LogP contribution in [-0.2, 0) is 11.3 Å². The maximum Gasteiger partial charge on any atom is 0.188 e. The van der Waals surface area contributed by atoms with E-state index in [9.17, 15) is 0 Å². The van der Waals surface area contributed by atoms with Crippen molar-refractivity contribution in [3.05, 3.63) is 22.7 Å². The number of halogens is 1. The Hall–Kier alpha value is -1.70. The first-order valence-electron chi connectivity index (χ1n) is 8.64. The molecule has 3 rings (SSSR count). The molecule has 2 aliphatic heterocycles. The minimum absolute atomic E-state index is 0.438. The van der Waals surface area contributed by atoms with Gasteiger partial charge in [-0.15, -0.1) is 0 Å². The molecular formula is C17H25ClN4O3. The van der Waals surface area contributed by atoms with Gasteiger partial charge in [-0.25, -0.2) is 4.99 Å². The highest BCUT2D eigenvalue weighted by Crippen LogP contribution is 2.38. The van der Waals surface area contributed by atoms with E-state index in [0.29, 0.717) is 42.2 Å². The molecule has 2 heterocycles. The quantitative estimate of drug-likeness (QED) is 0.446. The average Bonchev–Trinajstić information content (AvgIpc) is 2.64. The number of hydrogen-bond donors (Lipinski definition) is 2. The van der Waals surface area contributed by atoms with Crippen LogP contribution in [0.25, 0.3) is 0 Å². The van der Waals surface area contributed by atoms with Gasteiger partial charge in [0.25, 0.3) is 0 Å². The lowest BCUT2D eigenvalue weighted by Gasteiger charge is -2.26. The van der Waals surface area contributed by atoms with Gasteiger partial charge < -0.3 is 25.3 Å². The first kappa shape index (κ1) is 18.1. The second-order valence-electron chi connectivity index (χ2n) is 6.04. The highest BCUT2D eigenvalue weighted by atomic mass is 35.5. The third-order valence-corrected chi connectivity index (χ3v) is 4.43. The molecule has 0 atom stereocenters. The van der Waals surface area contributed by atoms with Crippen molar-refractivity contribution in [2.24, 2.45) is 10.7 Å². The Labute approximate surface area is 153 Å². The van der Waals surface area contributed by atoms with Crippen LogP contribution in [0.1, 0.15) is 12.0 Å². The first-order chi connectivity index (χ1) is 12.2. The van der Waals surface area contributed by atoms with Crippen molar-refractivity contribution in [2.45, 2.75) is 13.0 Å². The fraction of sp³-hybridized carbons (Fsp3) is 0.588. The van der Waals surface area contributed by atoms with Gasteiger partial charge in [-0.05, 0) is 30.7 Å². The van der Waals surface area contributed by atoms with Crippen molar-refractivity contribution < 1.29 is 14.2 Å². The summed E-state index contributed by atoms with van der Waals surface area (Å²) < 4.78 is 16.4. The minimum Gasteiger partial charge on any atom is -0.486 e. The zero-order chi connectivity index (χ0) is 17.5. The van der Waals surface area contributed by atoms with Crippen LogP contribution in [0.5, 0.6) is 11.5 Å². The summed E-state index contributed by atoms with van der Waals surface area (Å²) in [4.78, 5) is 6.76.